The average molecular weight is 496 g/mol. The number of nitrogens with one attached hydrogen (secondary N) is 1. The van der Waals surface area contributed by atoms with Crippen LogP contribution in [0.1, 0.15) is 0 Å². The van der Waals surface area contributed by atoms with E-state index in [2.05, 4.69) is 21.2 Å². The van der Waals surface area contributed by atoms with Crippen LogP contribution in [0.5, 0.6) is 0 Å². The van der Waals surface area contributed by atoms with Gasteiger partial charge in [-0.3, -0.25) is 9.10 Å². The fourth-order valence-electron chi connectivity index (χ4n) is 3.18. The van der Waals surface area contributed by atoms with Crippen molar-refractivity contribution in [1.82, 2.24) is 0 Å². The number of carbonyl (C=O) groups is 1. The Morgan fingerprint density at radius 2 is 1.83 bits per heavy atom. The Balaban J connectivity index is 1.73. The molecule has 29 heavy (non-hydrogen) atoms. The molecule has 4 rings (SSSR count). The molecule has 0 fully saturated rings. The number of carbonyl (C=O) groups excluding carboxylic acids is 1. The summed E-state index contributed by atoms with van der Waals surface area (Å²) in [4.78, 5) is 12.7. The first-order chi connectivity index (χ1) is 13.8. The van der Waals surface area contributed by atoms with Crippen LogP contribution in [0.2, 0.25) is 5.02 Å². The molecular weight excluding hydrogens is 483 g/mol. The maximum absolute atomic E-state index is 14.0. The van der Waals surface area contributed by atoms with Crippen molar-refractivity contribution >= 4 is 54.8 Å². The third-order valence-electron chi connectivity index (χ3n) is 4.47. The summed E-state index contributed by atoms with van der Waals surface area (Å²) in [5, 5.41) is 2.87. The zero-order chi connectivity index (χ0) is 20.8. The zero-order valence-corrected chi connectivity index (χ0v) is 17.9. The van der Waals surface area contributed by atoms with Crippen molar-refractivity contribution in [2.45, 2.75) is 4.90 Å². The van der Waals surface area contributed by atoms with Crippen molar-refractivity contribution in [2.75, 3.05) is 16.2 Å². The molecule has 0 saturated carbocycles. The minimum absolute atomic E-state index is 0.0377. The van der Waals surface area contributed by atoms with E-state index in [4.69, 9.17) is 11.6 Å². The minimum atomic E-state index is -3.99. The number of benzene rings is 3. The summed E-state index contributed by atoms with van der Waals surface area (Å²) in [5.41, 5.74) is 1.41. The third-order valence-corrected chi connectivity index (χ3v) is 7.01. The van der Waals surface area contributed by atoms with E-state index in [-0.39, 0.29) is 10.6 Å². The van der Waals surface area contributed by atoms with E-state index in [0.717, 1.165) is 4.31 Å². The quantitative estimate of drug-likeness (QED) is 0.553. The van der Waals surface area contributed by atoms with Crippen molar-refractivity contribution in [3.8, 4) is 11.1 Å². The first-order valence-electron chi connectivity index (χ1n) is 8.44. The maximum atomic E-state index is 14.0. The molecule has 0 bridgehead atoms. The number of fused-ring (bicyclic) bond motifs is 3. The molecule has 9 heteroatoms. The molecule has 3 aromatic carbocycles. The molecule has 1 aliphatic rings. The van der Waals surface area contributed by atoms with Crippen LogP contribution in [-0.2, 0) is 14.8 Å². The first-order valence-corrected chi connectivity index (χ1v) is 11.0. The molecule has 0 unspecified atom stereocenters. The minimum Gasteiger partial charge on any atom is -0.322 e. The summed E-state index contributed by atoms with van der Waals surface area (Å²) in [6, 6.07) is 15.5. The highest BCUT2D eigenvalue weighted by Gasteiger charge is 2.36. The van der Waals surface area contributed by atoms with Gasteiger partial charge in [0.05, 0.1) is 16.3 Å². The second kappa shape index (κ2) is 7.44. The molecule has 0 atom stereocenters. The molecular formula is C20H13BrClFN2O3S. The number of nitrogens with zero attached hydrogens (tertiary/aromatic N) is 1. The summed E-state index contributed by atoms with van der Waals surface area (Å²) in [7, 11) is -3.99. The summed E-state index contributed by atoms with van der Waals surface area (Å²) in [6.45, 7) is -0.513. The van der Waals surface area contributed by atoms with Gasteiger partial charge in [-0.1, -0.05) is 45.7 Å². The first kappa shape index (κ1) is 19.9. The highest BCUT2D eigenvalue weighted by molar-refractivity contribution is 9.10. The van der Waals surface area contributed by atoms with Gasteiger partial charge in [-0.15, -0.1) is 0 Å². The normalized spacial score (nSPS) is 14.1. The third kappa shape index (κ3) is 3.63. The van der Waals surface area contributed by atoms with Gasteiger partial charge in [0.2, 0.25) is 5.91 Å². The van der Waals surface area contributed by atoms with Crippen LogP contribution in [0.15, 0.2) is 70.0 Å². The van der Waals surface area contributed by atoms with Crippen LogP contribution < -0.4 is 9.62 Å². The van der Waals surface area contributed by atoms with Crippen molar-refractivity contribution < 1.29 is 17.6 Å². The number of amides is 1. The fraction of sp³-hybridized carbons (Fsp3) is 0.0500. The van der Waals surface area contributed by atoms with Gasteiger partial charge in [-0.2, -0.15) is 0 Å². The van der Waals surface area contributed by atoms with E-state index in [1.54, 1.807) is 42.5 Å². The molecule has 0 saturated heterocycles. The number of hydrogen-bond donors (Lipinski definition) is 1. The second-order valence-electron chi connectivity index (χ2n) is 6.34. The Kier molecular flexibility index (Phi) is 5.10. The van der Waals surface area contributed by atoms with Gasteiger partial charge in [0.1, 0.15) is 12.4 Å². The van der Waals surface area contributed by atoms with Crippen molar-refractivity contribution in [3.63, 3.8) is 0 Å². The standard InChI is InChI=1S/C20H13BrClFN2O3S/c21-12-5-7-17(16(23)9-12)24-20(26)11-25-18-8-6-13(22)10-15(18)14-3-1-2-4-19(14)29(25,27)28/h1-10H,11H2,(H,24,26). The molecule has 0 aromatic heterocycles. The van der Waals surface area contributed by atoms with Crippen LogP contribution in [-0.4, -0.2) is 20.9 Å². The topological polar surface area (TPSA) is 66.5 Å². The van der Waals surface area contributed by atoms with Gasteiger partial charge in [0.25, 0.3) is 10.0 Å². The predicted octanol–water partition coefficient (Wildman–Crippen LogP) is 5.06. The predicted molar refractivity (Wildman–Crippen MR) is 114 cm³/mol. The Morgan fingerprint density at radius 3 is 2.59 bits per heavy atom. The molecule has 0 spiro atoms. The van der Waals surface area contributed by atoms with Gasteiger partial charge in [-0.05, 0) is 42.5 Å². The maximum Gasteiger partial charge on any atom is 0.265 e. The van der Waals surface area contributed by atoms with E-state index in [9.17, 15) is 17.6 Å². The van der Waals surface area contributed by atoms with Crippen molar-refractivity contribution in [3.05, 3.63) is 76.0 Å². The lowest BCUT2D eigenvalue weighted by atomic mass is 10.0. The van der Waals surface area contributed by atoms with E-state index < -0.39 is 28.3 Å². The van der Waals surface area contributed by atoms with Gasteiger partial charge in [0, 0.05) is 20.6 Å². The van der Waals surface area contributed by atoms with Crippen molar-refractivity contribution in [2.24, 2.45) is 0 Å². The summed E-state index contributed by atoms with van der Waals surface area (Å²) < 4.78 is 41.9. The van der Waals surface area contributed by atoms with Gasteiger partial charge < -0.3 is 5.32 Å². The molecule has 3 aromatic rings. The van der Waals surface area contributed by atoms with Crippen LogP contribution in [0, 0.1) is 5.82 Å². The Morgan fingerprint density at radius 1 is 1.07 bits per heavy atom. The Bertz CT molecular complexity index is 1250. The van der Waals surface area contributed by atoms with Crippen LogP contribution in [0.3, 0.4) is 0 Å². The SMILES string of the molecule is O=C(CN1c2ccc(Cl)cc2-c2ccccc2S1(=O)=O)Nc1ccc(Br)cc1F. The van der Waals surface area contributed by atoms with Crippen molar-refractivity contribution in [1.29, 1.82) is 0 Å². The average Bonchev–Trinajstić information content (AvgIpc) is 2.68. The fourth-order valence-corrected chi connectivity index (χ4v) is 5.34. The molecule has 148 valence electrons. The monoisotopic (exact) mass is 494 g/mol. The zero-order valence-electron chi connectivity index (χ0n) is 14.7. The van der Waals surface area contributed by atoms with Gasteiger partial charge in [0.15, 0.2) is 0 Å². The number of anilines is 2. The smallest absolute Gasteiger partial charge is 0.265 e. The summed E-state index contributed by atoms with van der Waals surface area (Å²) >= 11 is 9.26. The molecule has 0 radical (unpaired) electrons. The lowest BCUT2D eigenvalue weighted by molar-refractivity contribution is -0.114. The molecule has 0 aliphatic carbocycles. The lowest BCUT2D eigenvalue weighted by Crippen LogP contribution is -2.40. The number of halogens is 3. The van der Waals surface area contributed by atoms with E-state index in [1.807, 2.05) is 0 Å². The highest BCUT2D eigenvalue weighted by Crippen LogP contribution is 2.43. The highest BCUT2D eigenvalue weighted by atomic mass is 79.9. The molecule has 1 heterocycles. The van der Waals surface area contributed by atoms with E-state index in [0.29, 0.717) is 26.3 Å². The largest absolute Gasteiger partial charge is 0.322 e. The molecule has 1 amide bonds. The summed E-state index contributed by atoms with van der Waals surface area (Å²) in [6.07, 6.45) is 0. The molecule has 1 aliphatic heterocycles. The number of sulfonamides is 1. The van der Waals surface area contributed by atoms with E-state index in [1.165, 1.54) is 18.2 Å². The summed E-state index contributed by atoms with van der Waals surface area (Å²) in [5.74, 6) is -1.30. The van der Waals surface area contributed by atoms with Crippen LogP contribution in [0.4, 0.5) is 15.8 Å². The van der Waals surface area contributed by atoms with Crippen LogP contribution >= 0.6 is 27.5 Å². The molecule has 5 nitrogen and oxygen atoms in total. The Hall–Kier alpha value is -2.42. The second-order valence-corrected chi connectivity index (χ2v) is 9.52. The van der Waals surface area contributed by atoms with Crippen LogP contribution in [0.25, 0.3) is 11.1 Å². The Labute approximate surface area is 180 Å². The lowest BCUT2D eigenvalue weighted by Gasteiger charge is -2.31. The van der Waals surface area contributed by atoms with E-state index >= 15 is 0 Å². The molecule has 1 N–H and O–H groups in total. The number of rotatable bonds is 3. The van der Waals surface area contributed by atoms with Gasteiger partial charge in [-0.25, -0.2) is 12.8 Å². The van der Waals surface area contributed by atoms with Gasteiger partial charge >= 0.3 is 0 Å². The number of hydrogen-bond acceptors (Lipinski definition) is 3.